The highest BCUT2D eigenvalue weighted by Crippen LogP contribution is 2.30. The van der Waals surface area contributed by atoms with Crippen molar-refractivity contribution in [2.75, 3.05) is 26.1 Å². The van der Waals surface area contributed by atoms with Gasteiger partial charge >= 0.3 is 6.03 Å². The molecule has 0 aliphatic carbocycles. The van der Waals surface area contributed by atoms with E-state index in [2.05, 4.69) is 10.6 Å². The van der Waals surface area contributed by atoms with Crippen LogP contribution in [0.1, 0.15) is 16.7 Å². The molecule has 0 aliphatic heterocycles. The molecule has 0 radical (unpaired) electrons. The number of hydrogen-bond acceptors (Lipinski definition) is 3. The number of benzene rings is 2. The zero-order valence-corrected chi connectivity index (χ0v) is 14.6. The highest BCUT2D eigenvalue weighted by atomic mass is 16.5. The Morgan fingerprint density at radius 3 is 2.42 bits per heavy atom. The van der Waals surface area contributed by atoms with Gasteiger partial charge in [-0.3, -0.25) is 0 Å². The number of hydrogen-bond donors (Lipinski definition) is 2. The SMILES string of the molecule is COc1cc(C)c(CCNC(=O)Nc2cccc(C)c2)cc1OC. The van der Waals surface area contributed by atoms with E-state index in [9.17, 15) is 4.79 Å². The smallest absolute Gasteiger partial charge is 0.319 e. The highest BCUT2D eigenvalue weighted by Gasteiger charge is 2.09. The summed E-state index contributed by atoms with van der Waals surface area (Å²) >= 11 is 0. The van der Waals surface area contributed by atoms with Crippen molar-refractivity contribution < 1.29 is 14.3 Å². The molecule has 0 aliphatic rings. The van der Waals surface area contributed by atoms with Crippen LogP contribution >= 0.6 is 0 Å². The van der Waals surface area contributed by atoms with E-state index in [4.69, 9.17) is 9.47 Å². The standard InChI is InChI=1S/C19H24N2O3/c1-13-6-5-7-16(10-13)21-19(22)20-9-8-15-12-18(24-4)17(23-3)11-14(15)2/h5-7,10-12H,8-9H2,1-4H3,(H2,20,21,22). The maximum absolute atomic E-state index is 12.0. The van der Waals surface area contributed by atoms with Crippen LogP contribution in [-0.4, -0.2) is 26.8 Å². The van der Waals surface area contributed by atoms with Crippen LogP contribution in [0.4, 0.5) is 10.5 Å². The average Bonchev–Trinajstić information content (AvgIpc) is 2.55. The molecular weight excluding hydrogens is 304 g/mol. The molecule has 0 bridgehead atoms. The largest absolute Gasteiger partial charge is 0.493 e. The van der Waals surface area contributed by atoms with Gasteiger partial charge in [0.15, 0.2) is 11.5 Å². The summed E-state index contributed by atoms with van der Waals surface area (Å²) < 4.78 is 10.6. The molecule has 2 N–H and O–H groups in total. The molecule has 2 amide bonds. The van der Waals surface area contributed by atoms with Crippen LogP contribution in [-0.2, 0) is 6.42 Å². The van der Waals surface area contributed by atoms with E-state index in [0.29, 0.717) is 24.5 Å². The Kier molecular flexibility index (Phi) is 6.07. The molecule has 0 aromatic heterocycles. The topological polar surface area (TPSA) is 59.6 Å². The molecule has 0 atom stereocenters. The lowest BCUT2D eigenvalue weighted by Gasteiger charge is -2.13. The number of methoxy groups -OCH3 is 2. The van der Waals surface area contributed by atoms with Crippen LogP contribution in [0, 0.1) is 13.8 Å². The number of carbonyl (C=O) groups is 1. The van der Waals surface area contributed by atoms with Gasteiger partial charge in [-0.1, -0.05) is 12.1 Å². The second kappa shape index (κ2) is 8.24. The van der Waals surface area contributed by atoms with Gasteiger partial charge in [-0.05, 0) is 61.2 Å². The van der Waals surface area contributed by atoms with Crippen LogP contribution in [0.25, 0.3) is 0 Å². The lowest BCUT2D eigenvalue weighted by atomic mass is 10.0. The molecule has 0 saturated heterocycles. The van der Waals surface area contributed by atoms with Crippen LogP contribution in [0.2, 0.25) is 0 Å². The molecule has 0 saturated carbocycles. The van der Waals surface area contributed by atoms with Crippen LogP contribution in [0.3, 0.4) is 0 Å². The minimum Gasteiger partial charge on any atom is -0.493 e. The first kappa shape index (κ1) is 17.7. The number of amides is 2. The van der Waals surface area contributed by atoms with Gasteiger partial charge in [0.25, 0.3) is 0 Å². The molecule has 2 aromatic rings. The van der Waals surface area contributed by atoms with Crippen molar-refractivity contribution >= 4 is 11.7 Å². The summed E-state index contributed by atoms with van der Waals surface area (Å²) in [6, 6.07) is 11.4. The number of anilines is 1. The average molecular weight is 328 g/mol. The summed E-state index contributed by atoms with van der Waals surface area (Å²) in [6.45, 7) is 4.54. The Hall–Kier alpha value is -2.69. The summed E-state index contributed by atoms with van der Waals surface area (Å²) in [5, 5.41) is 5.70. The number of rotatable bonds is 6. The molecule has 0 fully saturated rings. The van der Waals surface area contributed by atoms with Gasteiger partial charge in [-0.25, -0.2) is 4.79 Å². The molecule has 24 heavy (non-hydrogen) atoms. The van der Waals surface area contributed by atoms with E-state index in [-0.39, 0.29) is 6.03 Å². The fourth-order valence-electron chi connectivity index (χ4n) is 2.50. The zero-order chi connectivity index (χ0) is 17.5. The van der Waals surface area contributed by atoms with Crippen molar-refractivity contribution in [2.24, 2.45) is 0 Å². The van der Waals surface area contributed by atoms with Gasteiger partial charge in [0.1, 0.15) is 0 Å². The van der Waals surface area contributed by atoms with Crippen LogP contribution in [0.15, 0.2) is 36.4 Å². The number of urea groups is 1. The summed E-state index contributed by atoms with van der Waals surface area (Å²) in [5.41, 5.74) is 4.11. The van der Waals surface area contributed by atoms with Crippen LogP contribution < -0.4 is 20.1 Å². The number of nitrogens with one attached hydrogen (secondary N) is 2. The van der Waals surface area contributed by atoms with E-state index in [1.54, 1.807) is 14.2 Å². The molecule has 0 unspecified atom stereocenters. The Morgan fingerprint density at radius 2 is 1.75 bits per heavy atom. The van der Waals surface area contributed by atoms with Gasteiger partial charge in [0, 0.05) is 12.2 Å². The molecule has 5 nitrogen and oxygen atoms in total. The Labute approximate surface area is 143 Å². The first-order chi connectivity index (χ1) is 11.5. The molecule has 5 heteroatoms. The maximum Gasteiger partial charge on any atom is 0.319 e. The second-order valence-electron chi connectivity index (χ2n) is 5.63. The van der Waals surface area contributed by atoms with E-state index in [1.807, 2.05) is 50.2 Å². The van der Waals surface area contributed by atoms with Crippen molar-refractivity contribution in [3.8, 4) is 11.5 Å². The summed E-state index contributed by atoms with van der Waals surface area (Å²) in [6.07, 6.45) is 0.716. The van der Waals surface area contributed by atoms with Gasteiger partial charge in [-0.2, -0.15) is 0 Å². The number of ether oxygens (including phenoxy) is 2. The minimum absolute atomic E-state index is 0.210. The molecule has 0 spiro atoms. The quantitative estimate of drug-likeness (QED) is 0.850. The van der Waals surface area contributed by atoms with E-state index in [0.717, 1.165) is 22.4 Å². The van der Waals surface area contributed by atoms with E-state index < -0.39 is 0 Å². The third-order valence-corrected chi connectivity index (χ3v) is 3.80. The van der Waals surface area contributed by atoms with Crippen molar-refractivity contribution in [3.63, 3.8) is 0 Å². The third-order valence-electron chi connectivity index (χ3n) is 3.80. The summed E-state index contributed by atoms with van der Waals surface area (Å²) in [7, 11) is 3.23. The van der Waals surface area contributed by atoms with Gasteiger partial charge in [0.2, 0.25) is 0 Å². The molecule has 2 rings (SSSR count). The number of carbonyl (C=O) groups excluding carboxylic acids is 1. The Morgan fingerprint density at radius 1 is 1.04 bits per heavy atom. The van der Waals surface area contributed by atoms with Crippen LogP contribution in [0.5, 0.6) is 11.5 Å². The monoisotopic (exact) mass is 328 g/mol. The number of aryl methyl sites for hydroxylation is 2. The minimum atomic E-state index is -0.210. The normalized spacial score (nSPS) is 10.2. The first-order valence-corrected chi connectivity index (χ1v) is 7.86. The molecular formula is C19H24N2O3. The summed E-state index contributed by atoms with van der Waals surface area (Å²) in [4.78, 5) is 12.0. The lowest BCUT2D eigenvalue weighted by molar-refractivity contribution is 0.252. The fourth-order valence-corrected chi connectivity index (χ4v) is 2.50. The van der Waals surface area contributed by atoms with Crippen molar-refractivity contribution in [1.29, 1.82) is 0 Å². The molecule has 0 heterocycles. The molecule has 128 valence electrons. The van der Waals surface area contributed by atoms with Crippen molar-refractivity contribution in [3.05, 3.63) is 53.1 Å². The Bertz CT molecular complexity index is 714. The van der Waals surface area contributed by atoms with Crippen molar-refractivity contribution in [1.82, 2.24) is 5.32 Å². The predicted molar refractivity (Wildman–Crippen MR) is 96.2 cm³/mol. The van der Waals surface area contributed by atoms with Gasteiger partial charge in [0.05, 0.1) is 14.2 Å². The molecule has 2 aromatic carbocycles. The lowest BCUT2D eigenvalue weighted by Crippen LogP contribution is -2.30. The van der Waals surface area contributed by atoms with Gasteiger partial charge < -0.3 is 20.1 Å². The maximum atomic E-state index is 12.0. The van der Waals surface area contributed by atoms with E-state index in [1.165, 1.54) is 0 Å². The fraction of sp³-hybridized carbons (Fsp3) is 0.316. The highest BCUT2D eigenvalue weighted by molar-refractivity contribution is 5.89. The zero-order valence-electron chi connectivity index (χ0n) is 14.6. The third kappa shape index (κ3) is 4.65. The summed E-state index contributed by atoms with van der Waals surface area (Å²) in [5.74, 6) is 1.41. The predicted octanol–water partition coefficient (Wildman–Crippen LogP) is 3.68. The van der Waals surface area contributed by atoms with E-state index >= 15 is 0 Å². The second-order valence-corrected chi connectivity index (χ2v) is 5.63. The van der Waals surface area contributed by atoms with Gasteiger partial charge in [-0.15, -0.1) is 0 Å². The van der Waals surface area contributed by atoms with Crippen molar-refractivity contribution in [2.45, 2.75) is 20.3 Å². The Balaban J connectivity index is 1.90. The first-order valence-electron chi connectivity index (χ1n) is 7.86.